The molecule has 0 saturated heterocycles. The number of nitrogens with one attached hydrogen (secondary N) is 1. The van der Waals surface area contributed by atoms with Gasteiger partial charge in [0.15, 0.2) is 0 Å². The second kappa shape index (κ2) is 6.67. The summed E-state index contributed by atoms with van der Waals surface area (Å²) in [5.74, 6) is -0.873. The van der Waals surface area contributed by atoms with E-state index in [9.17, 15) is 33.0 Å². The van der Waals surface area contributed by atoms with E-state index in [2.05, 4.69) is 5.32 Å². The van der Waals surface area contributed by atoms with E-state index in [1.54, 1.807) is 0 Å². The second-order valence-electron chi connectivity index (χ2n) is 5.58. The van der Waals surface area contributed by atoms with Crippen molar-refractivity contribution in [3.63, 3.8) is 0 Å². The highest BCUT2D eigenvalue weighted by Crippen LogP contribution is 2.32. The topological polar surface area (TPSA) is 147 Å². The highest BCUT2D eigenvalue weighted by atomic mass is 32.2. The monoisotopic (exact) mass is 388 g/mol. The summed E-state index contributed by atoms with van der Waals surface area (Å²) in [6.45, 7) is 0. The number of carbonyl (C=O) groups is 1. The van der Waals surface area contributed by atoms with E-state index in [-0.39, 0.29) is 33.5 Å². The zero-order chi connectivity index (χ0) is 19.8. The van der Waals surface area contributed by atoms with Crippen molar-refractivity contribution >= 4 is 38.2 Å². The second-order valence-corrected chi connectivity index (χ2v) is 6.97. The maximum Gasteiger partial charge on any atom is 0.295 e. The average molecular weight is 388 g/mol. The minimum atomic E-state index is -4.56. The fourth-order valence-electron chi connectivity index (χ4n) is 2.60. The van der Waals surface area contributed by atoms with Gasteiger partial charge in [-0.2, -0.15) is 8.42 Å². The number of amides is 1. The molecule has 0 aliphatic rings. The quantitative estimate of drug-likeness (QED) is 0.354. The number of hydrogen-bond acceptors (Lipinski definition) is 6. The van der Waals surface area contributed by atoms with Gasteiger partial charge in [-0.1, -0.05) is 6.07 Å². The van der Waals surface area contributed by atoms with Crippen LogP contribution in [-0.4, -0.2) is 28.9 Å². The van der Waals surface area contributed by atoms with Gasteiger partial charge in [-0.3, -0.25) is 19.5 Å². The van der Waals surface area contributed by atoms with E-state index in [0.29, 0.717) is 0 Å². The molecular formula is C17H12N2O7S. The summed E-state index contributed by atoms with van der Waals surface area (Å²) in [7, 11) is -4.56. The van der Waals surface area contributed by atoms with Gasteiger partial charge >= 0.3 is 0 Å². The van der Waals surface area contributed by atoms with Crippen molar-refractivity contribution in [2.45, 2.75) is 4.90 Å². The van der Waals surface area contributed by atoms with E-state index in [0.717, 1.165) is 18.2 Å². The lowest BCUT2D eigenvalue weighted by Gasteiger charge is -2.11. The Balaban J connectivity index is 2.07. The van der Waals surface area contributed by atoms with Crippen molar-refractivity contribution in [3.8, 4) is 5.75 Å². The zero-order valence-electron chi connectivity index (χ0n) is 13.5. The number of fused-ring (bicyclic) bond motifs is 1. The first-order valence-corrected chi connectivity index (χ1v) is 8.90. The summed E-state index contributed by atoms with van der Waals surface area (Å²) < 4.78 is 32.4. The normalized spacial score (nSPS) is 11.3. The van der Waals surface area contributed by atoms with Gasteiger partial charge in [-0.15, -0.1) is 0 Å². The molecule has 10 heteroatoms. The fourth-order valence-corrected chi connectivity index (χ4v) is 3.29. The van der Waals surface area contributed by atoms with Gasteiger partial charge < -0.3 is 10.4 Å². The number of nitrogens with zero attached hydrogens (tertiary/aromatic N) is 1. The highest BCUT2D eigenvalue weighted by Gasteiger charge is 2.18. The number of rotatable bonds is 4. The van der Waals surface area contributed by atoms with E-state index >= 15 is 0 Å². The van der Waals surface area contributed by atoms with Crippen molar-refractivity contribution in [1.82, 2.24) is 0 Å². The molecule has 3 rings (SSSR count). The van der Waals surface area contributed by atoms with Crippen LogP contribution in [0.15, 0.2) is 59.5 Å². The number of benzene rings is 3. The molecule has 0 saturated carbocycles. The lowest BCUT2D eigenvalue weighted by molar-refractivity contribution is -0.384. The third-order valence-electron chi connectivity index (χ3n) is 3.81. The zero-order valence-corrected chi connectivity index (χ0v) is 14.3. The Morgan fingerprint density at radius 1 is 1.04 bits per heavy atom. The van der Waals surface area contributed by atoms with Crippen molar-refractivity contribution in [3.05, 3.63) is 70.3 Å². The minimum absolute atomic E-state index is 0.00865. The molecule has 27 heavy (non-hydrogen) atoms. The summed E-state index contributed by atoms with van der Waals surface area (Å²) in [6.07, 6.45) is 0. The number of non-ortho nitro benzene ring substituents is 1. The van der Waals surface area contributed by atoms with Crippen LogP contribution in [0.2, 0.25) is 0 Å². The lowest BCUT2D eigenvalue weighted by atomic mass is 10.1. The number of anilines is 1. The Morgan fingerprint density at radius 2 is 1.78 bits per heavy atom. The van der Waals surface area contributed by atoms with Crippen LogP contribution in [0.4, 0.5) is 11.4 Å². The predicted molar refractivity (Wildman–Crippen MR) is 96.5 cm³/mol. The minimum Gasteiger partial charge on any atom is -0.508 e. The SMILES string of the molecule is O=C(Nc1ccc(S(=O)(=O)O)c2cc(O)ccc12)c1cccc([N+](=O)[O-])c1. The standard InChI is InChI=1S/C17H12N2O7S/c20-12-4-5-13-14(9-12)16(27(24,25)26)7-6-15(13)18-17(21)10-2-1-3-11(8-10)19(22)23/h1-9,20H,(H,18,21)(H,24,25,26). The molecule has 0 aliphatic heterocycles. The molecule has 0 spiro atoms. The van der Waals surface area contributed by atoms with Crippen LogP contribution in [0.5, 0.6) is 5.75 Å². The van der Waals surface area contributed by atoms with Gasteiger partial charge in [-0.05, 0) is 36.4 Å². The van der Waals surface area contributed by atoms with Crippen LogP contribution in [0.25, 0.3) is 10.8 Å². The average Bonchev–Trinajstić information content (AvgIpc) is 2.60. The molecule has 0 aliphatic carbocycles. The van der Waals surface area contributed by atoms with Gasteiger partial charge in [0, 0.05) is 34.2 Å². The summed E-state index contributed by atoms with van der Waals surface area (Å²) >= 11 is 0. The molecule has 0 bridgehead atoms. The maximum atomic E-state index is 12.4. The smallest absolute Gasteiger partial charge is 0.295 e. The molecular weight excluding hydrogens is 376 g/mol. The Kier molecular flexibility index (Phi) is 4.52. The fraction of sp³-hybridized carbons (Fsp3) is 0. The third kappa shape index (κ3) is 3.71. The Morgan fingerprint density at radius 3 is 2.44 bits per heavy atom. The number of nitro groups is 1. The largest absolute Gasteiger partial charge is 0.508 e. The molecule has 0 aromatic heterocycles. The first kappa shape index (κ1) is 18.3. The van der Waals surface area contributed by atoms with Gasteiger partial charge in [0.25, 0.3) is 21.7 Å². The van der Waals surface area contributed by atoms with Gasteiger partial charge in [0.1, 0.15) is 10.6 Å². The summed E-state index contributed by atoms with van der Waals surface area (Å²) in [6, 6.07) is 11.3. The summed E-state index contributed by atoms with van der Waals surface area (Å²) in [4.78, 5) is 22.2. The van der Waals surface area contributed by atoms with Gasteiger partial charge in [-0.25, -0.2) is 0 Å². The molecule has 9 nitrogen and oxygen atoms in total. The van der Waals surface area contributed by atoms with E-state index in [1.807, 2.05) is 0 Å². The van der Waals surface area contributed by atoms with E-state index in [4.69, 9.17) is 0 Å². The molecule has 138 valence electrons. The first-order valence-electron chi connectivity index (χ1n) is 7.46. The van der Waals surface area contributed by atoms with Crippen molar-refractivity contribution in [2.75, 3.05) is 5.32 Å². The Bertz CT molecular complexity index is 1190. The molecule has 3 aromatic rings. The van der Waals surface area contributed by atoms with Crippen molar-refractivity contribution in [1.29, 1.82) is 0 Å². The number of carbonyl (C=O) groups excluding carboxylic acids is 1. The molecule has 3 aromatic carbocycles. The number of aromatic hydroxyl groups is 1. The molecule has 0 unspecified atom stereocenters. The lowest BCUT2D eigenvalue weighted by Crippen LogP contribution is -2.13. The molecule has 1 amide bonds. The van der Waals surface area contributed by atoms with Gasteiger partial charge in [0.05, 0.1) is 4.92 Å². The number of phenolic OH excluding ortho intramolecular Hbond substituents is 1. The van der Waals surface area contributed by atoms with Crippen LogP contribution in [0.1, 0.15) is 10.4 Å². The van der Waals surface area contributed by atoms with Crippen LogP contribution in [0, 0.1) is 10.1 Å². The molecule has 0 heterocycles. The number of hydrogen-bond donors (Lipinski definition) is 3. The summed E-state index contributed by atoms with van der Waals surface area (Å²) in [5, 5.41) is 23.3. The molecule has 0 fully saturated rings. The van der Waals surface area contributed by atoms with Crippen LogP contribution in [0.3, 0.4) is 0 Å². The van der Waals surface area contributed by atoms with E-state index in [1.165, 1.54) is 36.4 Å². The van der Waals surface area contributed by atoms with Crippen molar-refractivity contribution in [2.24, 2.45) is 0 Å². The predicted octanol–water partition coefficient (Wildman–Crippen LogP) is 2.95. The molecule has 0 atom stereocenters. The van der Waals surface area contributed by atoms with Crippen LogP contribution < -0.4 is 5.32 Å². The third-order valence-corrected chi connectivity index (χ3v) is 4.72. The number of phenols is 1. The number of nitro benzene ring substituents is 1. The van der Waals surface area contributed by atoms with Crippen molar-refractivity contribution < 1.29 is 27.8 Å². The Labute approximate surface area is 152 Å². The van der Waals surface area contributed by atoms with Gasteiger partial charge in [0.2, 0.25) is 0 Å². The van der Waals surface area contributed by atoms with Crippen LogP contribution >= 0.6 is 0 Å². The summed E-state index contributed by atoms with van der Waals surface area (Å²) in [5.41, 5.74) is -0.0111. The highest BCUT2D eigenvalue weighted by molar-refractivity contribution is 7.86. The van der Waals surface area contributed by atoms with Crippen LogP contribution in [-0.2, 0) is 10.1 Å². The van der Waals surface area contributed by atoms with E-state index < -0.39 is 25.8 Å². The first-order chi connectivity index (χ1) is 12.7. The maximum absolute atomic E-state index is 12.4. The molecule has 0 radical (unpaired) electrons. The molecule has 3 N–H and O–H groups in total. The Hall–Kier alpha value is -3.50.